The van der Waals surface area contributed by atoms with Crippen LogP contribution in [0.2, 0.25) is 0 Å². The monoisotopic (exact) mass is 265 g/mol. The fraction of sp³-hybridized carbons (Fsp3) is 0.357. The third-order valence-electron chi connectivity index (χ3n) is 2.91. The number of nitrogens with one attached hydrogen (secondary N) is 1. The number of hydrogen-bond acceptors (Lipinski definition) is 2. The Hall–Kier alpha value is -1.75. The molecule has 0 aliphatic heterocycles. The summed E-state index contributed by atoms with van der Waals surface area (Å²) in [5.41, 5.74) is 2.08. The Kier molecular flexibility index (Phi) is 4.27. The molecular formula is C14H17F2N3. The van der Waals surface area contributed by atoms with Crippen molar-refractivity contribution in [3.8, 4) is 11.3 Å². The molecule has 19 heavy (non-hydrogen) atoms. The van der Waals surface area contributed by atoms with Crippen molar-refractivity contribution in [1.29, 1.82) is 0 Å². The first-order chi connectivity index (χ1) is 9.10. The maximum Gasteiger partial charge on any atom is 0.126 e. The lowest BCUT2D eigenvalue weighted by Gasteiger charge is -2.15. The molecule has 0 atom stereocenters. The lowest BCUT2D eigenvalue weighted by Crippen LogP contribution is -2.18. The predicted molar refractivity (Wildman–Crippen MR) is 70.6 cm³/mol. The van der Waals surface area contributed by atoms with E-state index in [1.165, 1.54) is 12.1 Å². The van der Waals surface area contributed by atoms with Crippen molar-refractivity contribution in [1.82, 2.24) is 15.1 Å². The molecule has 0 aliphatic rings. The van der Waals surface area contributed by atoms with Crippen molar-refractivity contribution in [2.45, 2.75) is 19.9 Å². The zero-order chi connectivity index (χ0) is 13.8. The van der Waals surface area contributed by atoms with Gasteiger partial charge in [-0.1, -0.05) is 6.92 Å². The predicted octanol–water partition coefficient (Wildman–Crippen LogP) is 3.20. The number of aromatic amines is 1. The first kappa shape index (κ1) is 13.7. The van der Waals surface area contributed by atoms with Crippen LogP contribution in [0.5, 0.6) is 0 Å². The summed E-state index contributed by atoms with van der Waals surface area (Å²) in [7, 11) is 2.01. The molecule has 2 aromatic rings. The molecule has 0 saturated heterocycles. The van der Waals surface area contributed by atoms with Crippen molar-refractivity contribution in [2.75, 3.05) is 13.6 Å². The van der Waals surface area contributed by atoms with Gasteiger partial charge in [-0.3, -0.25) is 5.10 Å². The maximum absolute atomic E-state index is 13.3. The Morgan fingerprint density at radius 3 is 2.53 bits per heavy atom. The number of halogens is 2. The summed E-state index contributed by atoms with van der Waals surface area (Å²) >= 11 is 0. The molecule has 0 unspecified atom stereocenters. The molecule has 5 heteroatoms. The van der Waals surface area contributed by atoms with E-state index in [4.69, 9.17) is 0 Å². The van der Waals surface area contributed by atoms with Crippen LogP contribution in [0.25, 0.3) is 11.3 Å². The molecule has 1 aromatic carbocycles. The molecule has 0 aliphatic carbocycles. The summed E-state index contributed by atoms with van der Waals surface area (Å²) in [5.74, 6) is -1.17. The maximum atomic E-state index is 13.3. The molecule has 0 spiro atoms. The molecule has 0 amide bonds. The Labute approximate surface area is 111 Å². The van der Waals surface area contributed by atoms with Crippen LogP contribution >= 0.6 is 0 Å². The molecule has 2 rings (SSSR count). The topological polar surface area (TPSA) is 31.9 Å². The summed E-state index contributed by atoms with van der Waals surface area (Å²) in [6, 6.07) is 3.47. The summed E-state index contributed by atoms with van der Waals surface area (Å²) < 4.78 is 26.5. The third kappa shape index (κ3) is 3.38. The largest absolute Gasteiger partial charge is 0.302 e. The van der Waals surface area contributed by atoms with E-state index < -0.39 is 11.6 Å². The molecule has 1 heterocycles. The average Bonchev–Trinajstić information content (AvgIpc) is 2.76. The first-order valence-corrected chi connectivity index (χ1v) is 6.27. The number of rotatable bonds is 5. The first-order valence-electron chi connectivity index (χ1n) is 6.27. The van der Waals surface area contributed by atoms with Gasteiger partial charge in [-0.2, -0.15) is 5.10 Å². The van der Waals surface area contributed by atoms with Crippen LogP contribution in [-0.2, 0) is 6.54 Å². The molecular weight excluding hydrogens is 248 g/mol. The quantitative estimate of drug-likeness (QED) is 0.900. The summed E-state index contributed by atoms with van der Waals surface area (Å²) in [5, 5.41) is 6.79. The smallest absolute Gasteiger partial charge is 0.126 e. The second kappa shape index (κ2) is 5.93. The minimum Gasteiger partial charge on any atom is -0.302 e. The zero-order valence-electron chi connectivity index (χ0n) is 11.1. The molecule has 1 aromatic heterocycles. The van der Waals surface area contributed by atoms with E-state index in [9.17, 15) is 8.78 Å². The highest BCUT2D eigenvalue weighted by Gasteiger charge is 2.11. The highest BCUT2D eigenvalue weighted by molar-refractivity contribution is 5.62. The molecule has 0 saturated carbocycles. The van der Waals surface area contributed by atoms with Crippen molar-refractivity contribution < 1.29 is 8.78 Å². The molecule has 3 nitrogen and oxygen atoms in total. The van der Waals surface area contributed by atoms with Crippen molar-refractivity contribution in [3.05, 3.63) is 41.6 Å². The van der Waals surface area contributed by atoms with Crippen molar-refractivity contribution >= 4 is 0 Å². The van der Waals surface area contributed by atoms with Gasteiger partial charge in [-0.25, -0.2) is 8.78 Å². The number of hydrogen-bond donors (Lipinski definition) is 1. The molecule has 0 radical (unpaired) electrons. The van der Waals surface area contributed by atoms with Gasteiger partial charge in [0.15, 0.2) is 0 Å². The van der Waals surface area contributed by atoms with Crippen LogP contribution in [0.1, 0.15) is 18.9 Å². The van der Waals surface area contributed by atoms with E-state index >= 15 is 0 Å². The molecule has 0 fully saturated rings. The Balaban J connectivity index is 2.28. The van der Waals surface area contributed by atoms with Crippen LogP contribution in [0.3, 0.4) is 0 Å². The van der Waals surface area contributed by atoms with Crippen molar-refractivity contribution in [3.63, 3.8) is 0 Å². The van der Waals surface area contributed by atoms with Crippen LogP contribution in [0.4, 0.5) is 8.78 Å². The summed E-state index contributed by atoms with van der Waals surface area (Å²) in [4.78, 5) is 2.14. The van der Waals surface area contributed by atoms with Gasteiger partial charge in [0.25, 0.3) is 0 Å². The fourth-order valence-corrected chi connectivity index (χ4v) is 2.13. The Morgan fingerprint density at radius 1 is 1.21 bits per heavy atom. The van der Waals surface area contributed by atoms with Gasteiger partial charge in [0, 0.05) is 23.7 Å². The second-order valence-electron chi connectivity index (χ2n) is 4.67. The van der Waals surface area contributed by atoms with E-state index in [-0.39, 0.29) is 0 Å². The van der Waals surface area contributed by atoms with Crippen LogP contribution in [0, 0.1) is 11.6 Å². The van der Waals surface area contributed by atoms with E-state index in [1.807, 2.05) is 7.05 Å². The Bertz CT molecular complexity index is 531. The minimum atomic E-state index is -0.586. The second-order valence-corrected chi connectivity index (χ2v) is 4.67. The van der Waals surface area contributed by atoms with E-state index in [2.05, 4.69) is 22.0 Å². The summed E-state index contributed by atoms with van der Waals surface area (Å²) in [6.45, 7) is 3.76. The summed E-state index contributed by atoms with van der Waals surface area (Å²) in [6.07, 6.45) is 2.75. The van der Waals surface area contributed by atoms with Gasteiger partial charge >= 0.3 is 0 Å². The van der Waals surface area contributed by atoms with Crippen LogP contribution in [0.15, 0.2) is 24.4 Å². The van der Waals surface area contributed by atoms with Gasteiger partial charge in [-0.15, -0.1) is 0 Å². The lowest BCUT2D eigenvalue weighted by molar-refractivity contribution is 0.328. The van der Waals surface area contributed by atoms with Gasteiger partial charge < -0.3 is 4.90 Å². The van der Waals surface area contributed by atoms with Gasteiger partial charge in [0.1, 0.15) is 11.6 Å². The highest BCUT2D eigenvalue weighted by atomic mass is 19.1. The number of aromatic nitrogens is 2. The van der Waals surface area contributed by atoms with Gasteiger partial charge in [0.05, 0.1) is 11.9 Å². The lowest BCUT2D eigenvalue weighted by atomic mass is 10.1. The SMILES string of the molecule is CCCN(C)Cc1cn[nH]c1-c1cc(F)cc(F)c1. The molecule has 1 N–H and O–H groups in total. The fourth-order valence-electron chi connectivity index (χ4n) is 2.13. The zero-order valence-corrected chi connectivity index (χ0v) is 11.1. The molecule has 102 valence electrons. The van der Waals surface area contributed by atoms with Gasteiger partial charge in [-0.05, 0) is 32.1 Å². The number of H-pyrrole nitrogens is 1. The highest BCUT2D eigenvalue weighted by Crippen LogP contribution is 2.24. The number of nitrogens with zero attached hydrogens (tertiary/aromatic N) is 2. The minimum absolute atomic E-state index is 0.481. The normalized spacial score (nSPS) is 11.2. The van der Waals surface area contributed by atoms with E-state index in [1.54, 1.807) is 6.20 Å². The standard InChI is InChI=1S/C14H17F2N3/c1-3-4-19(2)9-11-8-17-18-14(11)10-5-12(15)7-13(16)6-10/h5-8H,3-4,9H2,1-2H3,(H,17,18). The van der Waals surface area contributed by atoms with Gasteiger partial charge in [0.2, 0.25) is 0 Å². The third-order valence-corrected chi connectivity index (χ3v) is 2.91. The van der Waals surface area contributed by atoms with E-state index in [0.29, 0.717) is 17.8 Å². The van der Waals surface area contributed by atoms with E-state index in [0.717, 1.165) is 24.6 Å². The van der Waals surface area contributed by atoms with Crippen LogP contribution in [-0.4, -0.2) is 28.7 Å². The van der Waals surface area contributed by atoms with Crippen LogP contribution < -0.4 is 0 Å². The molecule has 0 bridgehead atoms. The average molecular weight is 265 g/mol. The Morgan fingerprint density at radius 2 is 1.89 bits per heavy atom. The van der Waals surface area contributed by atoms with Crippen molar-refractivity contribution in [2.24, 2.45) is 0 Å². The number of benzene rings is 1.